The Morgan fingerprint density at radius 3 is 1.00 bits per heavy atom. The van der Waals surface area contributed by atoms with Crippen molar-refractivity contribution in [2.24, 2.45) is 0 Å². The van der Waals surface area contributed by atoms with Gasteiger partial charge in [-0.3, -0.25) is 0 Å². The van der Waals surface area contributed by atoms with Crippen LogP contribution in [0.4, 0.5) is 0 Å². The maximum atomic E-state index is 5.83. The largest absolute Gasteiger partial charge is 0.338 e. The monoisotopic (exact) mass is 326 g/mol. The van der Waals surface area contributed by atoms with Crippen LogP contribution in [-0.2, 0) is 18.9 Å². The van der Waals surface area contributed by atoms with Gasteiger partial charge in [-0.1, -0.05) is 48.6 Å². The number of rotatable bonds is 6. The Balaban J connectivity index is 1.70. The first-order valence-electron chi connectivity index (χ1n) is 7.92. The second-order valence-electron chi connectivity index (χ2n) is 5.68. The average Bonchev–Trinajstić information content (AvgIpc) is 3.25. The second kappa shape index (κ2) is 7.28. The maximum Gasteiger partial charge on any atom is 0.185 e. The van der Waals surface area contributed by atoms with Crippen LogP contribution < -0.4 is 0 Å². The van der Waals surface area contributed by atoms with Crippen molar-refractivity contribution in [2.45, 2.75) is 37.0 Å². The van der Waals surface area contributed by atoms with Gasteiger partial charge in [-0.05, 0) is 0 Å². The van der Waals surface area contributed by atoms with Crippen LogP contribution in [0.15, 0.2) is 74.9 Å². The third-order valence-corrected chi connectivity index (χ3v) is 4.18. The van der Waals surface area contributed by atoms with E-state index in [2.05, 4.69) is 26.3 Å². The molecular weight excluding hydrogens is 304 g/mol. The summed E-state index contributed by atoms with van der Waals surface area (Å²) < 4.78 is 23.3. The van der Waals surface area contributed by atoms with Crippen molar-refractivity contribution in [3.05, 3.63) is 86.0 Å². The van der Waals surface area contributed by atoms with Crippen LogP contribution in [0.3, 0.4) is 0 Å². The molecule has 0 spiro atoms. The lowest BCUT2D eigenvalue weighted by Crippen LogP contribution is -2.16. The topological polar surface area (TPSA) is 36.9 Å². The molecule has 2 aliphatic heterocycles. The number of benzene rings is 1. The molecule has 0 bridgehead atoms. The molecule has 0 amide bonds. The minimum absolute atomic E-state index is 0.185. The van der Waals surface area contributed by atoms with E-state index >= 15 is 0 Å². The fourth-order valence-corrected chi connectivity index (χ4v) is 2.83. The highest BCUT2D eigenvalue weighted by Gasteiger charge is 2.35. The molecule has 0 N–H and O–H groups in total. The summed E-state index contributed by atoms with van der Waals surface area (Å²) in [6, 6.07) is 7.79. The fraction of sp³-hybridized carbons (Fsp3) is 0.300. The van der Waals surface area contributed by atoms with E-state index in [1.54, 1.807) is 24.3 Å². The van der Waals surface area contributed by atoms with Crippen LogP contribution in [-0.4, -0.2) is 24.4 Å². The smallest absolute Gasteiger partial charge is 0.185 e. The highest BCUT2D eigenvalue weighted by Crippen LogP contribution is 2.35. The molecule has 2 fully saturated rings. The van der Waals surface area contributed by atoms with Gasteiger partial charge in [-0.25, -0.2) is 0 Å². The highest BCUT2D eigenvalue weighted by atomic mass is 16.7. The number of hydrogen-bond donors (Lipinski definition) is 0. The molecule has 4 unspecified atom stereocenters. The van der Waals surface area contributed by atoms with Gasteiger partial charge in [0.2, 0.25) is 0 Å². The molecule has 1 aromatic carbocycles. The van der Waals surface area contributed by atoms with Gasteiger partial charge >= 0.3 is 0 Å². The second-order valence-corrected chi connectivity index (χ2v) is 5.68. The summed E-state index contributed by atoms with van der Waals surface area (Å²) in [6.45, 7) is 15.1. The molecule has 0 saturated carbocycles. The van der Waals surface area contributed by atoms with Crippen LogP contribution in [0.1, 0.15) is 23.7 Å². The van der Waals surface area contributed by atoms with E-state index in [1.807, 2.05) is 24.3 Å². The van der Waals surface area contributed by atoms with Gasteiger partial charge < -0.3 is 18.9 Å². The lowest BCUT2D eigenvalue weighted by atomic mass is 10.1. The normalized spacial score (nSPS) is 35.5. The quantitative estimate of drug-likeness (QED) is 0.741. The van der Waals surface area contributed by atoms with Gasteiger partial charge in [0.15, 0.2) is 12.6 Å². The Hall–Kier alpha value is -1.98. The molecule has 4 nitrogen and oxygen atoms in total. The summed E-state index contributed by atoms with van der Waals surface area (Å²) in [5.74, 6) is 0. The van der Waals surface area contributed by atoms with E-state index in [-0.39, 0.29) is 24.4 Å². The summed E-state index contributed by atoms with van der Waals surface area (Å²) >= 11 is 0. The molecule has 4 heteroatoms. The van der Waals surface area contributed by atoms with Crippen molar-refractivity contribution in [1.82, 2.24) is 0 Å². The molecule has 2 saturated heterocycles. The third-order valence-electron chi connectivity index (χ3n) is 4.18. The summed E-state index contributed by atoms with van der Waals surface area (Å²) in [5, 5.41) is 0. The van der Waals surface area contributed by atoms with Crippen LogP contribution >= 0.6 is 0 Å². The summed E-state index contributed by atoms with van der Waals surface area (Å²) in [4.78, 5) is 0. The predicted octanol–water partition coefficient (Wildman–Crippen LogP) is 4.00. The first-order valence-corrected chi connectivity index (χ1v) is 7.92. The number of hydrogen-bond acceptors (Lipinski definition) is 4. The lowest BCUT2D eigenvalue weighted by Gasteiger charge is -2.13. The molecule has 3 rings (SSSR count). The first kappa shape index (κ1) is 16.9. The average molecular weight is 326 g/mol. The molecule has 2 heterocycles. The van der Waals surface area contributed by atoms with Crippen LogP contribution in [0.5, 0.6) is 0 Å². The minimum atomic E-state index is -0.433. The first-order chi connectivity index (χ1) is 11.7. The van der Waals surface area contributed by atoms with Crippen molar-refractivity contribution >= 4 is 0 Å². The van der Waals surface area contributed by atoms with E-state index in [0.717, 1.165) is 11.1 Å². The van der Waals surface area contributed by atoms with Gasteiger partial charge in [0.05, 0.1) is 0 Å². The minimum Gasteiger partial charge on any atom is -0.338 e. The molecule has 24 heavy (non-hydrogen) atoms. The highest BCUT2D eigenvalue weighted by molar-refractivity contribution is 5.26. The van der Waals surface area contributed by atoms with Crippen molar-refractivity contribution < 1.29 is 18.9 Å². The molecular formula is C20H22O4. The Morgan fingerprint density at radius 1 is 0.542 bits per heavy atom. The lowest BCUT2D eigenvalue weighted by molar-refractivity contribution is -0.0625. The van der Waals surface area contributed by atoms with Gasteiger partial charge in [-0.2, -0.15) is 0 Å². The molecule has 0 radical (unpaired) electrons. The Labute approximate surface area is 142 Å². The van der Waals surface area contributed by atoms with Crippen LogP contribution in [0.2, 0.25) is 0 Å². The summed E-state index contributed by atoms with van der Waals surface area (Å²) in [5.41, 5.74) is 1.85. The zero-order valence-corrected chi connectivity index (χ0v) is 13.5. The van der Waals surface area contributed by atoms with Gasteiger partial charge in [0.1, 0.15) is 24.4 Å². The van der Waals surface area contributed by atoms with E-state index in [0.29, 0.717) is 0 Å². The van der Waals surface area contributed by atoms with E-state index in [4.69, 9.17) is 18.9 Å². The third kappa shape index (κ3) is 3.14. The summed E-state index contributed by atoms with van der Waals surface area (Å²) in [6.07, 6.45) is 5.31. The molecule has 0 aromatic heterocycles. The molecule has 4 atom stereocenters. The summed E-state index contributed by atoms with van der Waals surface area (Å²) in [7, 11) is 0. The van der Waals surface area contributed by atoms with Crippen LogP contribution in [0.25, 0.3) is 0 Å². The predicted molar refractivity (Wildman–Crippen MR) is 92.2 cm³/mol. The maximum absolute atomic E-state index is 5.83. The molecule has 2 aliphatic rings. The Morgan fingerprint density at radius 2 is 0.792 bits per heavy atom. The molecule has 126 valence electrons. The van der Waals surface area contributed by atoms with Gasteiger partial charge in [0.25, 0.3) is 0 Å². The molecule has 0 aliphatic carbocycles. The van der Waals surface area contributed by atoms with E-state index in [9.17, 15) is 0 Å². The zero-order chi connectivity index (χ0) is 17.1. The van der Waals surface area contributed by atoms with E-state index in [1.165, 1.54) is 0 Å². The van der Waals surface area contributed by atoms with Gasteiger partial charge in [0, 0.05) is 11.1 Å². The van der Waals surface area contributed by atoms with Gasteiger partial charge in [-0.15, -0.1) is 26.3 Å². The number of ether oxygens (including phenoxy) is 4. The SMILES string of the molecule is C=CC1OC(c2ccc(C3OC(C=C)C(C=C)O3)cc2)OC1C=C. The van der Waals surface area contributed by atoms with Crippen molar-refractivity contribution in [2.75, 3.05) is 0 Å². The van der Waals surface area contributed by atoms with Crippen molar-refractivity contribution in [3.8, 4) is 0 Å². The fourth-order valence-electron chi connectivity index (χ4n) is 2.83. The van der Waals surface area contributed by atoms with Crippen LogP contribution in [0, 0.1) is 0 Å². The van der Waals surface area contributed by atoms with E-state index < -0.39 is 12.6 Å². The Bertz CT molecular complexity index is 534. The zero-order valence-electron chi connectivity index (χ0n) is 13.5. The molecule has 1 aromatic rings. The Kier molecular flexibility index (Phi) is 5.11. The van der Waals surface area contributed by atoms with Crippen molar-refractivity contribution in [3.63, 3.8) is 0 Å². The van der Waals surface area contributed by atoms with Crippen molar-refractivity contribution in [1.29, 1.82) is 0 Å². The standard InChI is InChI=1S/C20H22O4/c1-5-15-16(6-2)22-19(21-15)13-9-11-14(12-10-13)20-23-17(7-3)18(8-4)24-20/h5-12,15-20H,1-4H2.